The summed E-state index contributed by atoms with van der Waals surface area (Å²) in [5.41, 5.74) is 4.41. The number of nitrogens with one attached hydrogen (secondary N) is 2. The van der Waals surface area contributed by atoms with E-state index in [1.165, 1.54) is 0 Å². The Bertz CT molecular complexity index is 1080. The van der Waals surface area contributed by atoms with Crippen molar-refractivity contribution in [1.82, 2.24) is 20.4 Å². The lowest BCUT2D eigenvalue weighted by Gasteiger charge is -2.34. The summed E-state index contributed by atoms with van der Waals surface area (Å²) in [7, 11) is 0. The molecule has 152 valence electrons. The molecule has 1 fully saturated rings. The van der Waals surface area contributed by atoms with Gasteiger partial charge >= 0.3 is 0 Å². The molecule has 0 spiro atoms. The van der Waals surface area contributed by atoms with E-state index < -0.39 is 0 Å². The maximum Gasteiger partial charge on any atom is 0.132 e. The van der Waals surface area contributed by atoms with Crippen LogP contribution in [0.25, 0.3) is 22.3 Å². The second-order valence-electron chi connectivity index (χ2n) is 7.65. The molecule has 7 nitrogen and oxygen atoms in total. The van der Waals surface area contributed by atoms with Crippen molar-refractivity contribution in [3.63, 3.8) is 0 Å². The van der Waals surface area contributed by atoms with Crippen LogP contribution in [0.5, 0.6) is 11.5 Å². The lowest BCUT2D eigenvalue weighted by Crippen LogP contribution is -2.35. The summed E-state index contributed by atoms with van der Waals surface area (Å²) in [6.45, 7) is 1.69. The zero-order valence-electron chi connectivity index (χ0n) is 16.4. The zero-order valence-corrected chi connectivity index (χ0v) is 16.4. The second kappa shape index (κ2) is 7.59. The molecule has 7 heteroatoms. The van der Waals surface area contributed by atoms with Gasteiger partial charge in [0.15, 0.2) is 0 Å². The predicted molar refractivity (Wildman–Crippen MR) is 116 cm³/mol. The number of hydrogen-bond donors (Lipinski definition) is 4. The molecule has 0 saturated carbocycles. The van der Waals surface area contributed by atoms with E-state index in [4.69, 9.17) is 0 Å². The number of para-hydroxylation sites is 2. The largest absolute Gasteiger partial charge is 0.507 e. The van der Waals surface area contributed by atoms with Crippen LogP contribution >= 0.6 is 0 Å². The Morgan fingerprint density at radius 3 is 2.17 bits per heavy atom. The third kappa shape index (κ3) is 3.18. The average Bonchev–Trinajstić information content (AvgIpc) is 3.44. The fourth-order valence-corrected chi connectivity index (χ4v) is 4.36. The third-order valence-electron chi connectivity index (χ3n) is 5.82. The lowest BCUT2D eigenvalue weighted by molar-refractivity contribution is 0.476. The van der Waals surface area contributed by atoms with Crippen LogP contribution in [0.4, 0.5) is 5.82 Å². The number of aromatic hydroxyl groups is 2. The molecule has 1 atom stereocenters. The number of benzene rings is 2. The number of phenolic OH excluding ortho intramolecular Hbond substituents is 2. The Morgan fingerprint density at radius 2 is 1.43 bits per heavy atom. The van der Waals surface area contributed by atoms with Gasteiger partial charge in [0.05, 0.1) is 12.4 Å². The van der Waals surface area contributed by atoms with Crippen molar-refractivity contribution in [2.24, 2.45) is 0 Å². The van der Waals surface area contributed by atoms with Crippen LogP contribution in [0, 0.1) is 0 Å². The number of aromatic amines is 2. The Morgan fingerprint density at radius 1 is 0.800 bits per heavy atom. The van der Waals surface area contributed by atoms with Gasteiger partial charge in [-0.3, -0.25) is 10.2 Å². The van der Waals surface area contributed by atoms with E-state index in [-0.39, 0.29) is 17.4 Å². The van der Waals surface area contributed by atoms with Crippen LogP contribution in [0.3, 0.4) is 0 Å². The highest BCUT2D eigenvalue weighted by Gasteiger charge is 2.28. The molecular weight excluding hydrogens is 378 g/mol. The van der Waals surface area contributed by atoms with E-state index in [0.29, 0.717) is 0 Å². The quantitative estimate of drug-likeness (QED) is 0.409. The monoisotopic (exact) mass is 401 g/mol. The van der Waals surface area contributed by atoms with Gasteiger partial charge in [0.25, 0.3) is 0 Å². The van der Waals surface area contributed by atoms with Gasteiger partial charge in [0.1, 0.15) is 17.3 Å². The number of H-pyrrole nitrogens is 2. The maximum absolute atomic E-state index is 10.3. The summed E-state index contributed by atoms with van der Waals surface area (Å²) in [6, 6.07) is 14.7. The molecule has 0 radical (unpaired) electrons. The van der Waals surface area contributed by atoms with E-state index >= 15 is 0 Å². The molecule has 30 heavy (non-hydrogen) atoms. The molecule has 5 rings (SSSR count). The molecule has 1 aliphatic rings. The Labute approximate surface area is 174 Å². The number of piperidine rings is 1. The molecule has 3 heterocycles. The van der Waals surface area contributed by atoms with E-state index in [1.54, 1.807) is 24.5 Å². The van der Waals surface area contributed by atoms with Crippen molar-refractivity contribution in [3.8, 4) is 33.8 Å². The first-order chi connectivity index (χ1) is 14.7. The molecule has 0 bridgehead atoms. The molecule has 4 aromatic rings. The van der Waals surface area contributed by atoms with Gasteiger partial charge in [-0.1, -0.05) is 36.4 Å². The smallest absolute Gasteiger partial charge is 0.132 e. The van der Waals surface area contributed by atoms with Gasteiger partial charge in [-0.25, -0.2) is 0 Å². The standard InChI is InChI=1S/C23H23N5O2/c29-20-9-3-1-7-16(20)18-12-24-26-22(18)15-6-5-11-28(14-15)23-19(13-25-27-23)17-8-2-4-10-21(17)30/h1-4,7-10,12-13,15,29-30H,5-6,11,14H2,(H,24,26)(H,25,27). The van der Waals surface area contributed by atoms with E-state index in [9.17, 15) is 10.2 Å². The fourth-order valence-electron chi connectivity index (χ4n) is 4.36. The number of hydrogen-bond acceptors (Lipinski definition) is 5. The molecule has 1 saturated heterocycles. The minimum atomic E-state index is 0.233. The summed E-state index contributed by atoms with van der Waals surface area (Å²) in [6.07, 6.45) is 5.59. The van der Waals surface area contributed by atoms with Gasteiger partial charge < -0.3 is 15.1 Å². The molecule has 0 aliphatic carbocycles. The Balaban J connectivity index is 1.46. The SMILES string of the molecule is Oc1ccccc1-c1cn[nH]c1C1CCCN(c2[nH]ncc2-c2ccccc2O)C1. The molecule has 1 aliphatic heterocycles. The van der Waals surface area contributed by atoms with Crippen LogP contribution in [-0.4, -0.2) is 43.7 Å². The van der Waals surface area contributed by atoms with Crippen molar-refractivity contribution in [2.45, 2.75) is 18.8 Å². The first kappa shape index (κ1) is 18.3. The van der Waals surface area contributed by atoms with Crippen molar-refractivity contribution in [2.75, 3.05) is 18.0 Å². The summed E-state index contributed by atoms with van der Waals surface area (Å²) >= 11 is 0. The normalized spacial score (nSPS) is 16.7. The molecule has 4 N–H and O–H groups in total. The van der Waals surface area contributed by atoms with Crippen LogP contribution < -0.4 is 4.90 Å². The highest BCUT2D eigenvalue weighted by atomic mass is 16.3. The second-order valence-corrected chi connectivity index (χ2v) is 7.65. The summed E-state index contributed by atoms with van der Waals surface area (Å²) in [5, 5.41) is 35.4. The van der Waals surface area contributed by atoms with Gasteiger partial charge in [-0.15, -0.1) is 0 Å². The number of rotatable bonds is 4. The minimum absolute atomic E-state index is 0.233. The van der Waals surface area contributed by atoms with Crippen LogP contribution in [0.2, 0.25) is 0 Å². The summed E-state index contributed by atoms with van der Waals surface area (Å²) < 4.78 is 0. The van der Waals surface area contributed by atoms with E-state index in [0.717, 1.165) is 59.7 Å². The molecule has 0 amide bonds. The Kier molecular flexibility index (Phi) is 4.63. The number of phenols is 2. The molecule has 2 aromatic carbocycles. The molecule has 1 unspecified atom stereocenters. The minimum Gasteiger partial charge on any atom is -0.507 e. The van der Waals surface area contributed by atoms with Crippen molar-refractivity contribution in [1.29, 1.82) is 0 Å². The van der Waals surface area contributed by atoms with Gasteiger partial charge in [0.2, 0.25) is 0 Å². The summed E-state index contributed by atoms with van der Waals surface area (Å²) in [5.74, 6) is 1.63. The topological polar surface area (TPSA) is 101 Å². The molecular formula is C23H23N5O2. The van der Waals surface area contributed by atoms with Gasteiger partial charge in [0, 0.05) is 47.0 Å². The first-order valence-electron chi connectivity index (χ1n) is 10.1. The highest BCUT2D eigenvalue weighted by Crippen LogP contribution is 2.40. The van der Waals surface area contributed by atoms with Crippen molar-refractivity contribution < 1.29 is 10.2 Å². The highest BCUT2D eigenvalue weighted by molar-refractivity contribution is 5.79. The number of anilines is 1. The average molecular weight is 401 g/mol. The fraction of sp³-hybridized carbons (Fsp3) is 0.217. The van der Waals surface area contributed by atoms with Crippen LogP contribution in [0.15, 0.2) is 60.9 Å². The zero-order chi connectivity index (χ0) is 20.5. The van der Waals surface area contributed by atoms with Crippen LogP contribution in [-0.2, 0) is 0 Å². The molecule has 2 aromatic heterocycles. The summed E-state index contributed by atoms with van der Waals surface area (Å²) in [4.78, 5) is 2.28. The van der Waals surface area contributed by atoms with E-state index in [1.807, 2.05) is 36.4 Å². The number of aromatic nitrogens is 4. The Hall–Kier alpha value is -3.74. The number of nitrogens with zero attached hydrogens (tertiary/aromatic N) is 3. The van der Waals surface area contributed by atoms with Gasteiger partial charge in [-0.2, -0.15) is 10.2 Å². The first-order valence-corrected chi connectivity index (χ1v) is 10.1. The third-order valence-corrected chi connectivity index (χ3v) is 5.82. The van der Waals surface area contributed by atoms with Gasteiger partial charge in [-0.05, 0) is 25.0 Å². The van der Waals surface area contributed by atoms with E-state index in [2.05, 4.69) is 25.3 Å². The van der Waals surface area contributed by atoms with Crippen LogP contribution in [0.1, 0.15) is 24.5 Å². The lowest BCUT2D eigenvalue weighted by atomic mass is 9.90. The van der Waals surface area contributed by atoms with Crippen molar-refractivity contribution in [3.05, 3.63) is 66.6 Å². The predicted octanol–water partition coefficient (Wildman–Crippen LogP) is 4.26. The maximum atomic E-state index is 10.3. The van der Waals surface area contributed by atoms with Crippen molar-refractivity contribution >= 4 is 5.82 Å².